The van der Waals surface area contributed by atoms with Crippen LogP contribution in [0, 0.1) is 5.92 Å². The molecule has 0 bridgehead atoms. The number of methoxy groups -OCH3 is 2. The second kappa shape index (κ2) is 9.74. The molecule has 0 aliphatic carbocycles. The first-order chi connectivity index (χ1) is 10.0. The smallest absolute Gasteiger partial charge is 0.214 e. The Hall–Kier alpha value is -0.210. The molecule has 21 heavy (non-hydrogen) atoms. The van der Waals surface area contributed by atoms with E-state index in [2.05, 4.69) is 5.32 Å². The van der Waals surface area contributed by atoms with Gasteiger partial charge in [-0.05, 0) is 45.2 Å². The number of nitrogens with zero attached hydrogens (tertiary/aromatic N) is 1. The predicted octanol–water partition coefficient (Wildman–Crippen LogP) is 0.689. The van der Waals surface area contributed by atoms with E-state index < -0.39 is 10.0 Å². The van der Waals surface area contributed by atoms with Crippen LogP contribution in [0.2, 0.25) is 0 Å². The number of nitrogens with one attached hydrogen (secondary N) is 1. The Labute approximate surface area is 129 Å². The van der Waals surface area contributed by atoms with E-state index in [4.69, 9.17) is 9.47 Å². The lowest BCUT2D eigenvalue weighted by Crippen LogP contribution is -2.44. The molecule has 0 aromatic heterocycles. The molecule has 1 atom stereocenters. The Kier molecular flexibility index (Phi) is 8.73. The minimum absolute atomic E-state index is 0.164. The summed E-state index contributed by atoms with van der Waals surface area (Å²) in [5.41, 5.74) is 0. The molecule has 0 spiro atoms. The van der Waals surface area contributed by atoms with E-state index in [-0.39, 0.29) is 11.8 Å². The van der Waals surface area contributed by atoms with Crippen molar-refractivity contribution in [2.75, 3.05) is 52.8 Å². The van der Waals surface area contributed by atoms with Gasteiger partial charge in [0, 0.05) is 26.8 Å². The van der Waals surface area contributed by atoms with E-state index in [1.165, 1.54) is 4.31 Å². The van der Waals surface area contributed by atoms with Gasteiger partial charge in [0.05, 0.1) is 19.0 Å². The number of rotatable bonds is 10. The molecule has 0 aromatic carbocycles. The minimum Gasteiger partial charge on any atom is -0.383 e. The van der Waals surface area contributed by atoms with Crippen LogP contribution in [-0.2, 0) is 19.5 Å². The highest BCUT2D eigenvalue weighted by Gasteiger charge is 2.28. The minimum atomic E-state index is -3.26. The van der Waals surface area contributed by atoms with E-state index in [0.717, 1.165) is 32.4 Å². The van der Waals surface area contributed by atoms with Crippen molar-refractivity contribution in [1.29, 1.82) is 0 Å². The van der Waals surface area contributed by atoms with Gasteiger partial charge in [-0.25, -0.2) is 8.42 Å². The van der Waals surface area contributed by atoms with Crippen LogP contribution in [0.3, 0.4) is 0 Å². The molecule has 1 heterocycles. The summed E-state index contributed by atoms with van der Waals surface area (Å²) in [4.78, 5) is 0. The molecule has 1 saturated heterocycles. The highest BCUT2D eigenvalue weighted by molar-refractivity contribution is 7.89. The third kappa shape index (κ3) is 6.61. The lowest BCUT2D eigenvalue weighted by molar-refractivity contribution is 0.119. The first-order valence-corrected chi connectivity index (χ1v) is 9.30. The van der Waals surface area contributed by atoms with Crippen molar-refractivity contribution in [2.45, 2.75) is 32.2 Å². The highest BCUT2D eigenvalue weighted by Crippen LogP contribution is 2.19. The van der Waals surface area contributed by atoms with Gasteiger partial charge in [0.2, 0.25) is 10.0 Å². The second-order valence-corrected chi connectivity index (χ2v) is 7.75. The first kappa shape index (κ1) is 18.8. The maximum Gasteiger partial charge on any atom is 0.214 e. The molecular formula is C14H30N2O4S. The standard InChI is InChI=1S/C14H30N2O4S/c1-13(12-20-3)16(9-10-19-2)21(17,18)11-6-14-4-7-15-8-5-14/h13-15H,4-12H2,1-3H3. The molecule has 126 valence electrons. The van der Waals surface area contributed by atoms with Gasteiger partial charge in [-0.15, -0.1) is 0 Å². The zero-order valence-corrected chi connectivity index (χ0v) is 14.3. The monoisotopic (exact) mass is 322 g/mol. The molecule has 0 amide bonds. The van der Waals surface area contributed by atoms with Crippen LogP contribution < -0.4 is 5.32 Å². The summed E-state index contributed by atoms with van der Waals surface area (Å²) in [5, 5.41) is 3.30. The summed E-state index contributed by atoms with van der Waals surface area (Å²) in [7, 11) is -0.0884. The number of piperidine rings is 1. The number of ether oxygens (including phenoxy) is 2. The first-order valence-electron chi connectivity index (χ1n) is 7.69. The predicted molar refractivity (Wildman–Crippen MR) is 83.9 cm³/mol. The molecule has 1 N–H and O–H groups in total. The maximum atomic E-state index is 12.6. The SMILES string of the molecule is COCCN(C(C)COC)S(=O)(=O)CCC1CCNCC1. The van der Waals surface area contributed by atoms with Gasteiger partial charge < -0.3 is 14.8 Å². The quantitative estimate of drug-likeness (QED) is 0.641. The van der Waals surface area contributed by atoms with E-state index in [1.54, 1.807) is 14.2 Å². The average Bonchev–Trinajstić information content (AvgIpc) is 2.47. The topological polar surface area (TPSA) is 67.9 Å². The molecule has 0 saturated carbocycles. The lowest BCUT2D eigenvalue weighted by Gasteiger charge is -2.29. The molecule has 0 radical (unpaired) electrons. The summed E-state index contributed by atoms with van der Waals surface area (Å²) in [6.07, 6.45) is 2.88. The van der Waals surface area contributed by atoms with E-state index in [1.807, 2.05) is 6.92 Å². The molecule has 1 aliphatic heterocycles. The summed E-state index contributed by atoms with van der Waals surface area (Å²) in [6, 6.07) is -0.164. The Morgan fingerprint density at radius 3 is 2.48 bits per heavy atom. The van der Waals surface area contributed by atoms with Crippen LogP contribution in [0.1, 0.15) is 26.2 Å². The zero-order valence-electron chi connectivity index (χ0n) is 13.5. The van der Waals surface area contributed by atoms with E-state index >= 15 is 0 Å². The van der Waals surface area contributed by atoms with Crippen molar-refractivity contribution in [3.05, 3.63) is 0 Å². The third-order valence-corrected chi connectivity index (χ3v) is 6.02. The van der Waals surface area contributed by atoms with Gasteiger partial charge in [0.25, 0.3) is 0 Å². The fourth-order valence-corrected chi connectivity index (χ4v) is 4.57. The van der Waals surface area contributed by atoms with Crippen molar-refractivity contribution >= 4 is 10.0 Å². The van der Waals surface area contributed by atoms with Crippen LogP contribution >= 0.6 is 0 Å². The number of hydrogen-bond donors (Lipinski definition) is 1. The molecule has 6 nitrogen and oxygen atoms in total. The van der Waals surface area contributed by atoms with Crippen LogP contribution in [0.15, 0.2) is 0 Å². The average molecular weight is 322 g/mol. The molecule has 1 unspecified atom stereocenters. The summed E-state index contributed by atoms with van der Waals surface area (Å²) < 4.78 is 36.9. The molecule has 1 rings (SSSR count). The Morgan fingerprint density at radius 1 is 1.24 bits per heavy atom. The van der Waals surface area contributed by atoms with Gasteiger partial charge in [-0.3, -0.25) is 0 Å². The largest absolute Gasteiger partial charge is 0.383 e. The van der Waals surface area contributed by atoms with Gasteiger partial charge in [-0.2, -0.15) is 4.31 Å². The van der Waals surface area contributed by atoms with Crippen molar-refractivity contribution in [3.63, 3.8) is 0 Å². The van der Waals surface area contributed by atoms with Crippen LogP contribution in [0.4, 0.5) is 0 Å². The Bertz CT molecular complexity index is 369. The van der Waals surface area contributed by atoms with Gasteiger partial charge in [0.1, 0.15) is 0 Å². The molecule has 1 fully saturated rings. The number of hydrogen-bond acceptors (Lipinski definition) is 5. The van der Waals surface area contributed by atoms with Gasteiger partial charge in [-0.1, -0.05) is 0 Å². The molecule has 7 heteroatoms. The maximum absolute atomic E-state index is 12.6. The van der Waals surface area contributed by atoms with Crippen LogP contribution in [-0.4, -0.2) is 71.6 Å². The molecule has 0 aromatic rings. The summed E-state index contributed by atoms with van der Waals surface area (Å²) in [6.45, 7) is 5.06. The van der Waals surface area contributed by atoms with E-state index in [0.29, 0.717) is 25.7 Å². The van der Waals surface area contributed by atoms with Crippen molar-refractivity contribution in [2.24, 2.45) is 5.92 Å². The van der Waals surface area contributed by atoms with Crippen LogP contribution in [0.25, 0.3) is 0 Å². The Morgan fingerprint density at radius 2 is 1.90 bits per heavy atom. The third-order valence-electron chi connectivity index (χ3n) is 4.02. The van der Waals surface area contributed by atoms with Crippen molar-refractivity contribution < 1.29 is 17.9 Å². The van der Waals surface area contributed by atoms with Gasteiger partial charge >= 0.3 is 0 Å². The van der Waals surface area contributed by atoms with Crippen molar-refractivity contribution in [3.8, 4) is 0 Å². The molecule has 1 aliphatic rings. The summed E-state index contributed by atoms with van der Waals surface area (Å²) in [5.74, 6) is 0.734. The van der Waals surface area contributed by atoms with Crippen LogP contribution in [0.5, 0.6) is 0 Å². The lowest BCUT2D eigenvalue weighted by atomic mass is 9.96. The fraction of sp³-hybridized carbons (Fsp3) is 1.00. The summed E-state index contributed by atoms with van der Waals surface area (Å²) >= 11 is 0. The Balaban J connectivity index is 2.59. The highest BCUT2D eigenvalue weighted by atomic mass is 32.2. The normalized spacial score (nSPS) is 19.0. The van der Waals surface area contributed by atoms with Gasteiger partial charge in [0.15, 0.2) is 0 Å². The van der Waals surface area contributed by atoms with E-state index in [9.17, 15) is 8.42 Å². The second-order valence-electron chi connectivity index (χ2n) is 5.71. The number of sulfonamides is 1. The molecular weight excluding hydrogens is 292 g/mol. The fourth-order valence-electron chi connectivity index (χ4n) is 2.74. The zero-order chi connectivity index (χ0) is 15.7. The van der Waals surface area contributed by atoms with Crippen molar-refractivity contribution in [1.82, 2.24) is 9.62 Å².